The summed E-state index contributed by atoms with van der Waals surface area (Å²) >= 11 is 0. The lowest BCUT2D eigenvalue weighted by Gasteiger charge is -2.24. The van der Waals surface area contributed by atoms with Crippen molar-refractivity contribution in [2.24, 2.45) is 5.92 Å². The lowest BCUT2D eigenvalue weighted by Crippen LogP contribution is -2.28. The Balaban J connectivity index is 1.69. The van der Waals surface area contributed by atoms with E-state index in [1.54, 1.807) is 6.07 Å². The van der Waals surface area contributed by atoms with Gasteiger partial charge in [-0.25, -0.2) is 4.85 Å². The molecule has 0 saturated carbocycles. The zero-order valence-corrected chi connectivity index (χ0v) is 11.6. The van der Waals surface area contributed by atoms with Crippen molar-refractivity contribution < 1.29 is 9.53 Å². The van der Waals surface area contributed by atoms with Crippen molar-refractivity contribution in [3.63, 3.8) is 0 Å². The molecule has 1 atom stereocenters. The topological polar surface area (TPSA) is 30.7 Å². The fourth-order valence-electron chi connectivity index (χ4n) is 2.62. The van der Waals surface area contributed by atoms with E-state index in [9.17, 15) is 4.79 Å². The van der Waals surface area contributed by atoms with Gasteiger partial charge in [0.05, 0.1) is 24.7 Å². The van der Waals surface area contributed by atoms with E-state index < -0.39 is 0 Å². The second-order valence-corrected chi connectivity index (χ2v) is 5.19. The predicted molar refractivity (Wildman–Crippen MR) is 80.8 cm³/mol. The minimum atomic E-state index is -0.100. The number of benzene rings is 2. The summed E-state index contributed by atoms with van der Waals surface area (Å²) in [6.45, 7) is 7.48. The van der Waals surface area contributed by atoms with Gasteiger partial charge in [-0.3, -0.25) is 4.79 Å². The molecule has 2 aromatic rings. The third-order valence-corrected chi connectivity index (χ3v) is 3.78. The van der Waals surface area contributed by atoms with Crippen LogP contribution < -0.4 is 4.74 Å². The molecule has 1 aliphatic rings. The molecule has 0 saturated heterocycles. The average molecular weight is 277 g/mol. The fraction of sp³-hybridized carbons (Fsp3) is 0.222. The van der Waals surface area contributed by atoms with Crippen LogP contribution in [0.1, 0.15) is 22.3 Å². The van der Waals surface area contributed by atoms with Gasteiger partial charge >= 0.3 is 0 Å². The van der Waals surface area contributed by atoms with Crippen molar-refractivity contribution in [1.82, 2.24) is 0 Å². The van der Waals surface area contributed by atoms with Gasteiger partial charge in [0.15, 0.2) is 11.5 Å². The monoisotopic (exact) mass is 277 g/mol. The van der Waals surface area contributed by atoms with Crippen LogP contribution in [0, 0.1) is 12.5 Å². The highest BCUT2D eigenvalue weighted by Crippen LogP contribution is 2.29. The summed E-state index contributed by atoms with van der Waals surface area (Å²) < 4.78 is 5.67. The van der Waals surface area contributed by atoms with E-state index in [1.165, 1.54) is 0 Å². The minimum absolute atomic E-state index is 0.100. The standard InChI is InChI=1S/C18H15NO2/c1-19-15-6-4-5-13(11-15)9-10-14-12-21-17-8-3-2-7-16(17)18(14)20/h2-8,11,14H,9-10,12H2. The van der Waals surface area contributed by atoms with Gasteiger partial charge in [-0.2, -0.15) is 0 Å². The van der Waals surface area contributed by atoms with E-state index in [-0.39, 0.29) is 11.7 Å². The van der Waals surface area contributed by atoms with Gasteiger partial charge in [-0.1, -0.05) is 42.0 Å². The summed E-state index contributed by atoms with van der Waals surface area (Å²) in [6, 6.07) is 15.0. The normalized spacial score (nSPS) is 16.7. The summed E-state index contributed by atoms with van der Waals surface area (Å²) in [5.74, 6) is 0.753. The summed E-state index contributed by atoms with van der Waals surface area (Å²) in [5, 5.41) is 0. The van der Waals surface area contributed by atoms with Crippen LogP contribution in [0.2, 0.25) is 0 Å². The maximum absolute atomic E-state index is 12.4. The number of ketones is 1. The van der Waals surface area contributed by atoms with Crippen molar-refractivity contribution in [1.29, 1.82) is 0 Å². The number of fused-ring (bicyclic) bond motifs is 1. The van der Waals surface area contributed by atoms with E-state index >= 15 is 0 Å². The predicted octanol–water partition coefficient (Wildman–Crippen LogP) is 4.06. The second-order valence-electron chi connectivity index (χ2n) is 5.19. The van der Waals surface area contributed by atoms with Crippen LogP contribution in [0.3, 0.4) is 0 Å². The van der Waals surface area contributed by atoms with Gasteiger partial charge in [0.1, 0.15) is 5.75 Å². The van der Waals surface area contributed by atoms with Crippen molar-refractivity contribution in [2.45, 2.75) is 12.8 Å². The first kappa shape index (κ1) is 13.4. The Bertz CT molecular complexity index is 715. The SMILES string of the molecule is [C-]#[N+]c1cccc(CCC2COc3ccccc3C2=O)c1. The Kier molecular flexibility index (Phi) is 3.70. The molecular formula is C18H15NO2. The third kappa shape index (κ3) is 2.80. The number of Topliss-reactive ketones (excluding diaryl/α,β-unsaturated/α-hetero) is 1. The molecule has 0 N–H and O–H groups in total. The maximum Gasteiger partial charge on any atom is 0.187 e. The van der Waals surface area contributed by atoms with Gasteiger partial charge in [0.25, 0.3) is 0 Å². The molecular weight excluding hydrogens is 262 g/mol. The highest BCUT2D eigenvalue weighted by Gasteiger charge is 2.27. The van der Waals surface area contributed by atoms with E-state index in [2.05, 4.69) is 4.85 Å². The number of hydrogen-bond donors (Lipinski definition) is 0. The molecule has 0 bridgehead atoms. The van der Waals surface area contributed by atoms with Crippen LogP contribution in [-0.2, 0) is 6.42 Å². The van der Waals surface area contributed by atoms with Gasteiger partial charge in [0.2, 0.25) is 0 Å². The zero-order valence-electron chi connectivity index (χ0n) is 11.6. The first-order chi connectivity index (χ1) is 10.3. The summed E-state index contributed by atoms with van der Waals surface area (Å²) in [7, 11) is 0. The van der Waals surface area contributed by atoms with Crippen molar-refractivity contribution in [3.8, 4) is 5.75 Å². The molecule has 0 amide bonds. The number of hydrogen-bond acceptors (Lipinski definition) is 2. The van der Waals surface area contributed by atoms with Crippen molar-refractivity contribution in [2.75, 3.05) is 6.61 Å². The Hall–Kier alpha value is -2.60. The first-order valence-electron chi connectivity index (χ1n) is 7.00. The van der Waals surface area contributed by atoms with E-state index in [4.69, 9.17) is 11.3 Å². The van der Waals surface area contributed by atoms with Gasteiger partial charge in [0, 0.05) is 0 Å². The lowest BCUT2D eigenvalue weighted by molar-refractivity contribution is 0.0821. The first-order valence-corrected chi connectivity index (χ1v) is 7.00. The van der Waals surface area contributed by atoms with Gasteiger partial charge < -0.3 is 4.74 Å². The average Bonchev–Trinajstić information content (AvgIpc) is 2.55. The fourth-order valence-corrected chi connectivity index (χ4v) is 2.62. The molecule has 3 heteroatoms. The molecule has 3 nitrogen and oxygen atoms in total. The smallest absolute Gasteiger partial charge is 0.187 e. The Morgan fingerprint density at radius 3 is 2.90 bits per heavy atom. The van der Waals surface area contributed by atoms with Gasteiger partial charge in [-0.15, -0.1) is 0 Å². The van der Waals surface area contributed by atoms with Crippen LogP contribution in [0.25, 0.3) is 4.85 Å². The number of ether oxygens (including phenoxy) is 1. The molecule has 2 aromatic carbocycles. The second kappa shape index (κ2) is 5.80. The minimum Gasteiger partial charge on any atom is -0.492 e. The van der Waals surface area contributed by atoms with Crippen LogP contribution in [0.4, 0.5) is 5.69 Å². The lowest BCUT2D eigenvalue weighted by atomic mass is 9.90. The van der Waals surface area contributed by atoms with Crippen molar-refractivity contribution in [3.05, 3.63) is 71.1 Å². The number of carbonyl (C=O) groups is 1. The third-order valence-electron chi connectivity index (χ3n) is 3.78. The Morgan fingerprint density at radius 2 is 2.05 bits per heavy atom. The molecule has 1 heterocycles. The molecule has 104 valence electrons. The molecule has 1 aliphatic heterocycles. The molecule has 3 rings (SSSR count). The van der Waals surface area contributed by atoms with Crippen LogP contribution in [0.15, 0.2) is 48.5 Å². The molecule has 0 radical (unpaired) electrons. The largest absolute Gasteiger partial charge is 0.492 e. The van der Waals surface area contributed by atoms with E-state index in [0.717, 1.165) is 18.4 Å². The highest BCUT2D eigenvalue weighted by molar-refractivity contribution is 6.01. The summed E-state index contributed by atoms with van der Waals surface area (Å²) in [5.41, 5.74) is 2.42. The number of nitrogens with zero attached hydrogens (tertiary/aromatic N) is 1. The summed E-state index contributed by atoms with van der Waals surface area (Å²) in [4.78, 5) is 15.9. The quantitative estimate of drug-likeness (QED) is 0.792. The molecule has 0 spiro atoms. The number of aryl methyl sites for hydroxylation is 1. The number of para-hydroxylation sites is 1. The van der Waals surface area contributed by atoms with Crippen molar-refractivity contribution >= 4 is 11.5 Å². The van der Waals surface area contributed by atoms with E-state index in [1.807, 2.05) is 42.5 Å². The maximum atomic E-state index is 12.4. The molecule has 0 aliphatic carbocycles. The van der Waals surface area contributed by atoms with Gasteiger partial charge in [-0.05, 0) is 25.0 Å². The number of carbonyl (C=O) groups excluding carboxylic acids is 1. The Labute approximate surface area is 124 Å². The summed E-state index contributed by atoms with van der Waals surface area (Å²) in [6.07, 6.45) is 1.53. The van der Waals surface area contributed by atoms with Crippen LogP contribution >= 0.6 is 0 Å². The zero-order chi connectivity index (χ0) is 14.7. The van der Waals surface area contributed by atoms with E-state index in [0.29, 0.717) is 23.6 Å². The Morgan fingerprint density at radius 1 is 1.19 bits per heavy atom. The highest BCUT2D eigenvalue weighted by atomic mass is 16.5. The molecule has 0 aromatic heterocycles. The molecule has 0 fully saturated rings. The number of rotatable bonds is 3. The van der Waals surface area contributed by atoms with Crippen LogP contribution in [0.5, 0.6) is 5.75 Å². The molecule has 21 heavy (non-hydrogen) atoms. The molecule has 1 unspecified atom stereocenters. The van der Waals surface area contributed by atoms with Crippen LogP contribution in [-0.4, -0.2) is 12.4 Å².